The third-order valence-corrected chi connectivity index (χ3v) is 4.60. The number of aliphatic carboxylic acids is 1. The lowest BCUT2D eigenvalue weighted by Crippen LogP contribution is -2.39. The third kappa shape index (κ3) is 3.26. The second-order valence-corrected chi connectivity index (χ2v) is 6.38. The summed E-state index contributed by atoms with van der Waals surface area (Å²) in [5.41, 5.74) is 3.09. The van der Waals surface area contributed by atoms with E-state index in [1.54, 1.807) is 6.20 Å². The maximum atomic E-state index is 11.7. The molecule has 0 radical (unpaired) electrons. The standard InChI is InChI=1S/C19H23N3O2/c1-21(2)15-10-8-14(9-11-15)18(16-6-3-4-12-20-16)22-13-5-7-17(22)19(23)24/h3-4,6,8-12,17-18H,5,7,13H2,1-2H3,(H,23,24). The first kappa shape index (κ1) is 16.5. The second-order valence-electron chi connectivity index (χ2n) is 6.38. The lowest BCUT2D eigenvalue weighted by Gasteiger charge is -2.31. The van der Waals surface area contributed by atoms with Crippen molar-refractivity contribution in [2.75, 3.05) is 25.5 Å². The number of benzene rings is 1. The smallest absolute Gasteiger partial charge is 0.320 e. The summed E-state index contributed by atoms with van der Waals surface area (Å²) in [4.78, 5) is 20.3. The first-order valence-electron chi connectivity index (χ1n) is 8.24. The molecule has 2 heterocycles. The van der Waals surface area contributed by atoms with Gasteiger partial charge in [-0.25, -0.2) is 0 Å². The van der Waals surface area contributed by atoms with Crippen LogP contribution in [0.3, 0.4) is 0 Å². The molecule has 1 aromatic carbocycles. The van der Waals surface area contributed by atoms with Gasteiger partial charge < -0.3 is 10.0 Å². The fourth-order valence-corrected chi connectivity index (χ4v) is 3.39. The number of carboxylic acids is 1. The van der Waals surface area contributed by atoms with E-state index in [2.05, 4.69) is 39.0 Å². The van der Waals surface area contributed by atoms with Gasteiger partial charge in [0, 0.05) is 32.5 Å². The molecule has 5 nitrogen and oxygen atoms in total. The Bertz CT molecular complexity index is 686. The highest BCUT2D eigenvalue weighted by atomic mass is 16.4. The van der Waals surface area contributed by atoms with Crippen molar-refractivity contribution >= 4 is 11.7 Å². The maximum absolute atomic E-state index is 11.7. The zero-order valence-corrected chi connectivity index (χ0v) is 14.1. The molecule has 2 unspecified atom stereocenters. The van der Waals surface area contributed by atoms with Crippen molar-refractivity contribution in [3.63, 3.8) is 0 Å². The van der Waals surface area contributed by atoms with Crippen molar-refractivity contribution in [3.8, 4) is 0 Å². The molecule has 0 amide bonds. The normalized spacial score (nSPS) is 19.2. The number of rotatable bonds is 5. The molecule has 1 saturated heterocycles. The minimum absolute atomic E-state index is 0.133. The van der Waals surface area contributed by atoms with Gasteiger partial charge in [-0.1, -0.05) is 18.2 Å². The van der Waals surface area contributed by atoms with Gasteiger partial charge in [-0.05, 0) is 42.7 Å². The van der Waals surface area contributed by atoms with Crippen LogP contribution < -0.4 is 4.90 Å². The monoisotopic (exact) mass is 325 g/mol. The molecular formula is C19H23N3O2. The Hall–Kier alpha value is -2.40. The molecule has 0 spiro atoms. The van der Waals surface area contributed by atoms with Crippen LogP contribution in [0.2, 0.25) is 0 Å². The summed E-state index contributed by atoms with van der Waals surface area (Å²) in [7, 11) is 4.01. The zero-order chi connectivity index (χ0) is 17.1. The number of likely N-dealkylation sites (tertiary alicyclic amines) is 1. The number of nitrogens with zero attached hydrogens (tertiary/aromatic N) is 3. The van der Waals surface area contributed by atoms with Gasteiger partial charge in [0.2, 0.25) is 0 Å². The zero-order valence-electron chi connectivity index (χ0n) is 14.1. The van der Waals surface area contributed by atoms with E-state index in [0.29, 0.717) is 6.42 Å². The molecule has 0 bridgehead atoms. The molecule has 0 saturated carbocycles. The Morgan fingerprint density at radius 3 is 2.58 bits per heavy atom. The Kier molecular flexibility index (Phi) is 4.81. The fraction of sp³-hybridized carbons (Fsp3) is 0.368. The quantitative estimate of drug-likeness (QED) is 0.916. The first-order chi connectivity index (χ1) is 11.6. The van der Waals surface area contributed by atoms with Gasteiger partial charge in [-0.15, -0.1) is 0 Å². The van der Waals surface area contributed by atoms with Crippen LogP contribution in [0.15, 0.2) is 48.7 Å². The van der Waals surface area contributed by atoms with E-state index in [0.717, 1.165) is 29.9 Å². The lowest BCUT2D eigenvalue weighted by molar-refractivity contribution is -0.142. The van der Waals surface area contributed by atoms with Crippen LogP contribution in [0.1, 0.15) is 30.1 Å². The topological polar surface area (TPSA) is 56.7 Å². The van der Waals surface area contributed by atoms with Crippen molar-refractivity contribution in [3.05, 3.63) is 59.9 Å². The van der Waals surface area contributed by atoms with E-state index in [9.17, 15) is 9.90 Å². The van der Waals surface area contributed by atoms with Crippen LogP contribution in [0.5, 0.6) is 0 Å². The van der Waals surface area contributed by atoms with Gasteiger partial charge in [-0.2, -0.15) is 0 Å². The average Bonchev–Trinajstić information content (AvgIpc) is 3.06. The number of hydrogen-bond donors (Lipinski definition) is 1. The van der Waals surface area contributed by atoms with Crippen LogP contribution >= 0.6 is 0 Å². The van der Waals surface area contributed by atoms with Gasteiger partial charge in [0.05, 0.1) is 11.7 Å². The summed E-state index contributed by atoms with van der Waals surface area (Å²) in [6.07, 6.45) is 3.35. The number of carboxylic acid groups (broad SMARTS) is 1. The minimum Gasteiger partial charge on any atom is -0.480 e. The van der Waals surface area contributed by atoms with Crippen LogP contribution in [0, 0.1) is 0 Å². The highest BCUT2D eigenvalue weighted by Gasteiger charge is 2.37. The molecule has 2 aromatic rings. The highest BCUT2D eigenvalue weighted by Crippen LogP contribution is 2.34. The summed E-state index contributed by atoms with van der Waals surface area (Å²) in [5.74, 6) is -0.752. The van der Waals surface area contributed by atoms with Crippen LogP contribution in [-0.2, 0) is 4.79 Å². The predicted molar refractivity (Wildman–Crippen MR) is 94.2 cm³/mol. The highest BCUT2D eigenvalue weighted by molar-refractivity contribution is 5.74. The predicted octanol–water partition coefficient (Wildman–Crippen LogP) is 2.79. The van der Waals surface area contributed by atoms with Gasteiger partial charge in [0.15, 0.2) is 0 Å². The molecule has 1 aliphatic rings. The Morgan fingerprint density at radius 1 is 1.25 bits per heavy atom. The Balaban J connectivity index is 2.01. The summed E-state index contributed by atoms with van der Waals surface area (Å²) < 4.78 is 0. The first-order valence-corrected chi connectivity index (χ1v) is 8.24. The second kappa shape index (κ2) is 7.01. The van der Waals surface area contributed by atoms with Crippen molar-refractivity contribution in [1.29, 1.82) is 0 Å². The van der Waals surface area contributed by atoms with E-state index in [1.807, 2.05) is 32.3 Å². The number of hydrogen-bond acceptors (Lipinski definition) is 4. The number of aromatic nitrogens is 1. The van der Waals surface area contributed by atoms with E-state index < -0.39 is 12.0 Å². The van der Waals surface area contributed by atoms with Crippen LogP contribution in [0.4, 0.5) is 5.69 Å². The molecule has 126 valence electrons. The molecule has 1 N–H and O–H groups in total. The molecule has 1 aromatic heterocycles. The average molecular weight is 325 g/mol. The number of carbonyl (C=O) groups is 1. The summed E-state index contributed by atoms with van der Waals surface area (Å²) in [5, 5.41) is 9.57. The van der Waals surface area contributed by atoms with Crippen molar-refractivity contribution in [2.45, 2.75) is 24.9 Å². The van der Waals surface area contributed by atoms with Crippen LogP contribution in [0.25, 0.3) is 0 Å². The molecule has 2 atom stereocenters. The molecular weight excluding hydrogens is 302 g/mol. The van der Waals surface area contributed by atoms with E-state index in [-0.39, 0.29) is 6.04 Å². The lowest BCUT2D eigenvalue weighted by atomic mass is 9.99. The molecule has 1 fully saturated rings. The SMILES string of the molecule is CN(C)c1ccc(C(c2ccccn2)N2CCCC2C(=O)O)cc1. The van der Waals surface area contributed by atoms with E-state index in [4.69, 9.17) is 0 Å². The molecule has 24 heavy (non-hydrogen) atoms. The van der Waals surface area contributed by atoms with Gasteiger partial charge in [0.25, 0.3) is 0 Å². The molecule has 1 aliphatic heterocycles. The van der Waals surface area contributed by atoms with Crippen molar-refractivity contribution in [2.24, 2.45) is 0 Å². The van der Waals surface area contributed by atoms with E-state index >= 15 is 0 Å². The van der Waals surface area contributed by atoms with Gasteiger partial charge in [-0.3, -0.25) is 14.7 Å². The maximum Gasteiger partial charge on any atom is 0.320 e. The minimum atomic E-state index is -0.752. The fourth-order valence-electron chi connectivity index (χ4n) is 3.39. The molecule has 5 heteroatoms. The van der Waals surface area contributed by atoms with Crippen molar-refractivity contribution < 1.29 is 9.90 Å². The summed E-state index contributed by atoms with van der Waals surface area (Å²) in [6, 6.07) is 13.5. The Labute approximate surface area is 142 Å². The summed E-state index contributed by atoms with van der Waals surface area (Å²) in [6.45, 7) is 0.771. The van der Waals surface area contributed by atoms with Gasteiger partial charge in [0.1, 0.15) is 6.04 Å². The Morgan fingerprint density at radius 2 is 2.00 bits per heavy atom. The molecule has 3 rings (SSSR count). The third-order valence-electron chi connectivity index (χ3n) is 4.60. The molecule has 0 aliphatic carbocycles. The number of pyridine rings is 1. The summed E-state index contributed by atoms with van der Waals surface area (Å²) >= 11 is 0. The van der Waals surface area contributed by atoms with Crippen molar-refractivity contribution in [1.82, 2.24) is 9.88 Å². The largest absolute Gasteiger partial charge is 0.480 e. The van der Waals surface area contributed by atoms with E-state index in [1.165, 1.54) is 0 Å². The number of anilines is 1. The van der Waals surface area contributed by atoms with Crippen LogP contribution in [-0.4, -0.2) is 47.6 Å². The van der Waals surface area contributed by atoms with Gasteiger partial charge >= 0.3 is 5.97 Å².